The molecule has 66 valence electrons. The monoisotopic (exact) mass is 186 g/mol. The molecule has 0 amide bonds. The number of alkyl halides is 2. The van der Waals surface area contributed by atoms with Crippen LogP contribution in [0.15, 0.2) is 0 Å². The second-order valence-electron chi connectivity index (χ2n) is 2.69. The third-order valence-corrected chi connectivity index (χ3v) is 1.99. The first-order valence-electron chi connectivity index (χ1n) is 3.05. The van der Waals surface area contributed by atoms with Crippen LogP contribution in [-0.4, -0.2) is 26.7 Å². The quantitative estimate of drug-likeness (QED) is 0.598. The molecule has 0 aromatic carbocycles. The fraction of sp³-hybridized carbons (Fsp3) is 1.00. The molecule has 1 aliphatic carbocycles. The Kier molecular flexibility index (Phi) is 1.92. The summed E-state index contributed by atoms with van der Waals surface area (Å²) in [5.41, 5.74) is 0. The Morgan fingerprint density at radius 2 is 1.91 bits per heavy atom. The van der Waals surface area contributed by atoms with Crippen molar-refractivity contribution in [2.75, 3.05) is 6.26 Å². The molecule has 0 spiro atoms. The van der Waals surface area contributed by atoms with Gasteiger partial charge in [0.15, 0.2) is 0 Å². The predicted molar refractivity (Wildman–Crippen MR) is 33.9 cm³/mol. The smallest absolute Gasteiger partial charge is 0.264 e. The first kappa shape index (κ1) is 8.86. The number of hydrogen-bond acceptors (Lipinski definition) is 3. The van der Waals surface area contributed by atoms with E-state index in [2.05, 4.69) is 4.18 Å². The van der Waals surface area contributed by atoms with E-state index in [4.69, 9.17) is 0 Å². The second-order valence-corrected chi connectivity index (χ2v) is 4.29. The molecule has 0 aromatic rings. The lowest BCUT2D eigenvalue weighted by molar-refractivity contribution is -0.132. The van der Waals surface area contributed by atoms with E-state index in [1.54, 1.807) is 0 Å². The Balaban J connectivity index is 2.36. The van der Waals surface area contributed by atoms with Gasteiger partial charge in [0.25, 0.3) is 16.0 Å². The van der Waals surface area contributed by atoms with Crippen molar-refractivity contribution in [3.8, 4) is 0 Å². The predicted octanol–water partition coefficient (Wildman–Crippen LogP) is 0.760. The molecule has 11 heavy (non-hydrogen) atoms. The molecule has 1 saturated carbocycles. The molecule has 0 atom stereocenters. The molecule has 0 radical (unpaired) electrons. The zero-order valence-corrected chi connectivity index (χ0v) is 6.70. The van der Waals surface area contributed by atoms with E-state index in [1.807, 2.05) is 0 Å². The van der Waals surface area contributed by atoms with Gasteiger partial charge in [-0.2, -0.15) is 8.42 Å². The number of rotatable bonds is 2. The number of hydrogen-bond donors (Lipinski definition) is 0. The molecule has 0 unspecified atom stereocenters. The van der Waals surface area contributed by atoms with Gasteiger partial charge in [-0.05, 0) is 0 Å². The lowest BCUT2D eigenvalue weighted by Crippen LogP contribution is -2.42. The number of halogens is 2. The summed E-state index contributed by atoms with van der Waals surface area (Å²) in [6.07, 6.45) is -0.941. The third-order valence-electron chi connectivity index (χ3n) is 1.36. The summed E-state index contributed by atoms with van der Waals surface area (Å²) in [6, 6.07) is 0. The van der Waals surface area contributed by atoms with Crippen molar-refractivity contribution in [1.82, 2.24) is 0 Å². The van der Waals surface area contributed by atoms with Gasteiger partial charge in [-0.15, -0.1) is 0 Å². The van der Waals surface area contributed by atoms with E-state index in [-0.39, 0.29) is 0 Å². The maximum atomic E-state index is 12.1. The molecule has 0 aliphatic heterocycles. The van der Waals surface area contributed by atoms with E-state index in [0.717, 1.165) is 6.26 Å². The third kappa shape index (κ3) is 2.70. The van der Waals surface area contributed by atoms with Crippen LogP contribution in [0.1, 0.15) is 12.8 Å². The van der Waals surface area contributed by atoms with E-state index in [0.29, 0.717) is 0 Å². The van der Waals surface area contributed by atoms with Gasteiger partial charge in [0, 0.05) is 12.8 Å². The van der Waals surface area contributed by atoms with E-state index in [1.165, 1.54) is 0 Å². The molecule has 0 bridgehead atoms. The minimum Gasteiger partial charge on any atom is -0.267 e. The van der Waals surface area contributed by atoms with Crippen molar-refractivity contribution in [3.63, 3.8) is 0 Å². The van der Waals surface area contributed by atoms with E-state index >= 15 is 0 Å². The van der Waals surface area contributed by atoms with Crippen LogP contribution in [-0.2, 0) is 14.3 Å². The summed E-state index contributed by atoms with van der Waals surface area (Å²) in [6.45, 7) is 0. The molecule has 0 aromatic heterocycles. The molecule has 0 heterocycles. The topological polar surface area (TPSA) is 43.4 Å². The molecular formula is C5H8F2O3S. The Morgan fingerprint density at radius 3 is 2.18 bits per heavy atom. The largest absolute Gasteiger partial charge is 0.267 e. The van der Waals surface area contributed by atoms with Crippen molar-refractivity contribution in [3.05, 3.63) is 0 Å². The van der Waals surface area contributed by atoms with Crippen LogP contribution in [0.3, 0.4) is 0 Å². The molecule has 0 saturated heterocycles. The Bertz CT molecular complexity index is 238. The van der Waals surface area contributed by atoms with Crippen molar-refractivity contribution < 1.29 is 21.4 Å². The van der Waals surface area contributed by atoms with Crippen molar-refractivity contribution >= 4 is 10.1 Å². The highest BCUT2D eigenvalue weighted by Crippen LogP contribution is 2.39. The Hall–Kier alpha value is -0.230. The highest BCUT2D eigenvalue weighted by Gasteiger charge is 2.47. The average molecular weight is 186 g/mol. The highest BCUT2D eigenvalue weighted by atomic mass is 32.2. The highest BCUT2D eigenvalue weighted by molar-refractivity contribution is 7.86. The van der Waals surface area contributed by atoms with Crippen molar-refractivity contribution in [2.24, 2.45) is 0 Å². The van der Waals surface area contributed by atoms with Crippen LogP contribution in [0.4, 0.5) is 8.78 Å². The van der Waals surface area contributed by atoms with Gasteiger partial charge in [-0.25, -0.2) is 8.78 Å². The first-order valence-corrected chi connectivity index (χ1v) is 4.86. The summed E-state index contributed by atoms with van der Waals surface area (Å²) in [5.74, 6) is -2.73. The maximum Gasteiger partial charge on any atom is 0.264 e. The van der Waals surface area contributed by atoms with Crippen LogP contribution in [0.25, 0.3) is 0 Å². The molecule has 6 heteroatoms. The Morgan fingerprint density at radius 1 is 1.45 bits per heavy atom. The molecule has 1 fully saturated rings. The Labute approximate surface area is 63.5 Å². The lowest BCUT2D eigenvalue weighted by atomic mass is 9.91. The van der Waals surface area contributed by atoms with Crippen LogP contribution in [0.5, 0.6) is 0 Å². The minimum absolute atomic E-state index is 0.486. The SMILES string of the molecule is CS(=O)(=O)OC1CC(F)(F)C1. The molecule has 0 N–H and O–H groups in total. The van der Waals surface area contributed by atoms with Gasteiger partial charge in [0.2, 0.25) is 0 Å². The average Bonchev–Trinajstić information content (AvgIpc) is 1.53. The summed E-state index contributed by atoms with van der Waals surface area (Å²) in [4.78, 5) is 0. The van der Waals surface area contributed by atoms with Gasteiger partial charge in [0.05, 0.1) is 12.4 Å². The van der Waals surface area contributed by atoms with Crippen LogP contribution in [0, 0.1) is 0 Å². The summed E-state index contributed by atoms with van der Waals surface area (Å²) < 4.78 is 49.2. The lowest BCUT2D eigenvalue weighted by Gasteiger charge is -2.33. The van der Waals surface area contributed by atoms with Gasteiger partial charge in [0.1, 0.15) is 0 Å². The summed E-state index contributed by atoms with van der Waals surface area (Å²) >= 11 is 0. The van der Waals surface area contributed by atoms with E-state index in [9.17, 15) is 17.2 Å². The van der Waals surface area contributed by atoms with Gasteiger partial charge < -0.3 is 0 Å². The van der Waals surface area contributed by atoms with Gasteiger partial charge in [-0.1, -0.05) is 0 Å². The molecular weight excluding hydrogens is 178 g/mol. The fourth-order valence-corrected chi connectivity index (χ4v) is 1.55. The molecule has 1 rings (SSSR count). The van der Waals surface area contributed by atoms with Crippen LogP contribution >= 0.6 is 0 Å². The standard InChI is InChI=1S/C5H8F2O3S/c1-11(8,9)10-4-2-5(6,7)3-4/h4H,2-3H2,1H3. The minimum atomic E-state index is -3.57. The van der Waals surface area contributed by atoms with Crippen molar-refractivity contribution in [2.45, 2.75) is 24.9 Å². The van der Waals surface area contributed by atoms with Crippen molar-refractivity contribution in [1.29, 1.82) is 0 Å². The maximum absolute atomic E-state index is 12.1. The van der Waals surface area contributed by atoms with Crippen LogP contribution in [0.2, 0.25) is 0 Å². The first-order chi connectivity index (χ1) is 4.79. The zero-order chi connectivity index (χ0) is 8.70. The zero-order valence-electron chi connectivity index (χ0n) is 5.88. The second kappa shape index (κ2) is 2.38. The van der Waals surface area contributed by atoms with E-state index < -0.39 is 35.0 Å². The van der Waals surface area contributed by atoms with Gasteiger partial charge >= 0.3 is 0 Å². The molecule has 1 aliphatic rings. The summed E-state index contributed by atoms with van der Waals surface area (Å²) in [7, 11) is -3.57. The summed E-state index contributed by atoms with van der Waals surface area (Å²) in [5, 5.41) is 0. The molecule has 3 nitrogen and oxygen atoms in total. The normalized spacial score (nSPS) is 24.6. The fourth-order valence-electron chi connectivity index (χ4n) is 0.922. The van der Waals surface area contributed by atoms with Gasteiger partial charge in [-0.3, -0.25) is 4.18 Å². The van der Waals surface area contributed by atoms with Crippen LogP contribution < -0.4 is 0 Å².